The summed E-state index contributed by atoms with van der Waals surface area (Å²) >= 11 is 0. The Bertz CT molecular complexity index is 146. The molecule has 0 rings (SSSR count). The molecule has 4 nitrogen and oxygen atoms in total. The van der Waals surface area contributed by atoms with Gasteiger partial charge in [0.1, 0.15) is 0 Å². The van der Waals surface area contributed by atoms with Gasteiger partial charge in [-0.05, 0) is 6.72 Å². The first kappa shape index (κ1) is 16.3. The number of hydrogen-bond acceptors (Lipinski definition) is 2. The van der Waals surface area contributed by atoms with Gasteiger partial charge in [0.2, 0.25) is 0 Å². The maximum Gasteiger partial charge on any atom is 0.166 e. The van der Waals surface area contributed by atoms with Crippen molar-refractivity contribution in [1.29, 1.82) is 5.26 Å². The van der Waals surface area contributed by atoms with Gasteiger partial charge in [0, 0.05) is 32.7 Å². The molecule has 0 spiro atoms. The van der Waals surface area contributed by atoms with Gasteiger partial charge in [0.15, 0.2) is 6.19 Å². The van der Waals surface area contributed by atoms with E-state index in [2.05, 4.69) is 29.1 Å². The van der Waals surface area contributed by atoms with Crippen molar-refractivity contribution in [3.05, 3.63) is 14.5 Å². The molecule has 0 bridgehead atoms. The van der Waals surface area contributed by atoms with Crippen LogP contribution >= 0.6 is 0 Å². The van der Waals surface area contributed by atoms with Gasteiger partial charge in [0.05, 0.1) is 5.96 Å². The number of rotatable bonds is 0. The molecule has 1 N–H and O–H groups in total. The van der Waals surface area contributed by atoms with Crippen LogP contribution < -0.4 is 5.32 Å². The second kappa shape index (κ2) is 11.4. The molecule has 0 atom stereocenters. The van der Waals surface area contributed by atoms with Crippen LogP contribution in [0.2, 0.25) is 0 Å². The first-order valence-electron chi connectivity index (χ1n) is 1.80. The molecule has 0 aromatic carbocycles. The van der Waals surface area contributed by atoms with Crippen LogP contribution in [0.4, 0.5) is 0 Å². The van der Waals surface area contributed by atoms with Crippen molar-refractivity contribution < 1.29 is 32.7 Å². The van der Waals surface area contributed by atoms with Gasteiger partial charge in [-0.3, -0.25) is 0 Å². The average molecular weight is 213 g/mol. The number of nitriles is 1. The zero-order valence-corrected chi connectivity index (χ0v) is 8.67. The summed E-state index contributed by atoms with van der Waals surface area (Å²) in [5, 5.41) is 10.1. The van der Waals surface area contributed by atoms with Crippen molar-refractivity contribution in [2.75, 3.05) is 0 Å². The van der Waals surface area contributed by atoms with Crippen molar-refractivity contribution in [2.24, 2.45) is 9.98 Å². The fourth-order valence-corrected chi connectivity index (χ4v) is 0.179. The van der Waals surface area contributed by atoms with Crippen molar-refractivity contribution in [1.82, 2.24) is 5.32 Å². The van der Waals surface area contributed by atoms with Crippen molar-refractivity contribution in [3.63, 3.8) is 0 Å². The maximum absolute atomic E-state index is 7.94. The maximum atomic E-state index is 7.94. The summed E-state index contributed by atoms with van der Waals surface area (Å²) < 4.78 is 0. The van der Waals surface area contributed by atoms with Crippen LogP contribution in [0.25, 0.3) is 0 Å². The van der Waals surface area contributed by atoms with Gasteiger partial charge in [-0.25, -0.2) is 0 Å². The smallest absolute Gasteiger partial charge is 0.166 e. The monoisotopic (exact) mass is 213 g/mol. The minimum Gasteiger partial charge on any atom is -0.418 e. The van der Waals surface area contributed by atoms with Gasteiger partial charge in [-0.15, -0.1) is 0 Å². The Kier molecular flexibility index (Phi) is 18.6. The molecule has 0 unspecified atom stereocenters. The number of guanidine groups is 1. The molecule has 1 radical (unpaired) electrons. The van der Waals surface area contributed by atoms with Crippen LogP contribution in [-0.4, -0.2) is 12.7 Å². The van der Waals surface area contributed by atoms with E-state index in [0.717, 1.165) is 0 Å². The second-order valence-electron chi connectivity index (χ2n) is 0.877. The van der Waals surface area contributed by atoms with Gasteiger partial charge in [0.25, 0.3) is 0 Å². The largest absolute Gasteiger partial charge is 0.418 e. The molecule has 0 aliphatic rings. The Morgan fingerprint density at radius 2 is 2.20 bits per heavy atom. The van der Waals surface area contributed by atoms with Crippen molar-refractivity contribution in [3.8, 4) is 6.19 Å². The summed E-state index contributed by atoms with van der Waals surface area (Å²) in [6, 6.07) is 0. The molecule has 0 saturated heterocycles. The fraction of sp³-hybridized carbons (Fsp3) is 0. The third-order valence-corrected chi connectivity index (χ3v) is 0.467. The standard InChI is InChI=1S/C4H5N4.CH3.Y/c1-6-4(7-2)8-3-5;;/h1-2H2,(H,6,8);1H3;/q2*-1;. The third-order valence-electron chi connectivity index (χ3n) is 0.467. The van der Waals surface area contributed by atoms with Crippen molar-refractivity contribution >= 4 is 12.7 Å². The molecule has 0 aliphatic heterocycles. The first-order chi connectivity index (χ1) is 3.85. The van der Waals surface area contributed by atoms with Gasteiger partial charge in [-0.2, -0.15) is 12.3 Å². The van der Waals surface area contributed by atoms with E-state index in [4.69, 9.17) is 5.26 Å². The Labute approximate surface area is 86.3 Å². The summed E-state index contributed by atoms with van der Waals surface area (Å²) in [5.74, 6) is 0.132. The minimum absolute atomic E-state index is 0. The number of hydrogen-bond donors (Lipinski definition) is 1. The molecular weight excluding hydrogens is 205 g/mol. The van der Waals surface area contributed by atoms with E-state index in [0.29, 0.717) is 0 Å². The molecule has 0 aliphatic carbocycles. The summed E-state index contributed by atoms with van der Waals surface area (Å²) in [4.78, 5) is 6.60. The Hall–Kier alpha value is -0.396. The molecule has 0 saturated carbocycles. The van der Waals surface area contributed by atoms with E-state index in [1.54, 1.807) is 6.19 Å². The fourth-order valence-electron chi connectivity index (χ4n) is 0.179. The number of nitrogens with zero attached hydrogens (tertiary/aromatic N) is 3. The zero-order valence-electron chi connectivity index (χ0n) is 5.83. The summed E-state index contributed by atoms with van der Waals surface area (Å²) in [5.41, 5.74) is 0. The molecule has 0 aromatic rings. The van der Waals surface area contributed by atoms with E-state index < -0.39 is 0 Å². The predicted molar refractivity (Wildman–Crippen MR) is 37.5 cm³/mol. The Balaban J connectivity index is -0.000000245. The molecule has 10 heavy (non-hydrogen) atoms. The van der Waals surface area contributed by atoms with Crippen LogP contribution in [0.3, 0.4) is 0 Å². The van der Waals surface area contributed by atoms with E-state index in [-0.39, 0.29) is 46.1 Å². The summed E-state index contributed by atoms with van der Waals surface area (Å²) in [6.45, 7) is 3.12. The molecular formula is C5H8N4Y-2. The van der Waals surface area contributed by atoms with Gasteiger partial charge in [-0.1, -0.05) is 0 Å². The van der Waals surface area contributed by atoms with Crippen LogP contribution in [0.5, 0.6) is 0 Å². The van der Waals surface area contributed by atoms with Crippen LogP contribution in [0.15, 0.2) is 9.98 Å². The van der Waals surface area contributed by atoms with Gasteiger partial charge >= 0.3 is 0 Å². The van der Waals surface area contributed by atoms with Crippen LogP contribution in [0, 0.1) is 25.9 Å². The average Bonchev–Trinajstić information content (AvgIpc) is 1.83. The topological polar surface area (TPSA) is 60.5 Å². The Morgan fingerprint density at radius 1 is 1.70 bits per heavy atom. The third kappa shape index (κ3) is 7.60. The van der Waals surface area contributed by atoms with Crippen molar-refractivity contribution in [2.45, 2.75) is 0 Å². The van der Waals surface area contributed by atoms with Gasteiger partial charge < -0.3 is 22.7 Å². The summed E-state index contributed by atoms with van der Waals surface area (Å²) in [7, 11) is 3.12. The molecule has 0 fully saturated rings. The predicted octanol–water partition coefficient (Wildman–Crippen LogP) is 0.353. The zero-order chi connectivity index (χ0) is 6.41. The Morgan fingerprint density at radius 3 is 2.30 bits per heavy atom. The molecule has 5 heteroatoms. The van der Waals surface area contributed by atoms with Crippen LogP contribution in [-0.2, 0) is 32.7 Å². The molecule has 0 aromatic heterocycles. The normalized spacial score (nSPS) is 7.70. The van der Waals surface area contributed by atoms with E-state index in [1.165, 1.54) is 0 Å². The first-order valence-corrected chi connectivity index (χ1v) is 1.80. The second-order valence-corrected chi connectivity index (χ2v) is 0.877. The SMILES string of the molecule is C=NC(=N[CH2-])NC#N.[CH3-].[Y]. The number of nitrogens with one attached hydrogen (secondary N) is 1. The quantitative estimate of drug-likeness (QED) is 0.207. The molecule has 0 heterocycles. The van der Waals surface area contributed by atoms with E-state index >= 15 is 0 Å². The molecule has 53 valence electrons. The summed E-state index contributed by atoms with van der Waals surface area (Å²) in [6.07, 6.45) is 1.62. The van der Waals surface area contributed by atoms with E-state index in [1.807, 2.05) is 0 Å². The minimum atomic E-state index is 0. The molecule has 0 amide bonds. The van der Waals surface area contributed by atoms with Crippen LogP contribution in [0.1, 0.15) is 0 Å². The van der Waals surface area contributed by atoms with E-state index in [9.17, 15) is 0 Å². The number of aliphatic imine (C=N–C) groups is 2.